The van der Waals surface area contributed by atoms with Gasteiger partial charge in [0.25, 0.3) is 0 Å². The molecular formula is C12H24N2. The molecule has 1 heterocycles. The summed E-state index contributed by atoms with van der Waals surface area (Å²) in [7, 11) is 0. The van der Waals surface area contributed by atoms with Crippen LogP contribution in [0.4, 0.5) is 0 Å². The van der Waals surface area contributed by atoms with E-state index in [4.69, 9.17) is 0 Å². The minimum atomic E-state index is 0.792. The predicted octanol–water partition coefficient (Wildman–Crippen LogP) is 1.91. The van der Waals surface area contributed by atoms with Crippen LogP contribution in [0.25, 0.3) is 0 Å². The van der Waals surface area contributed by atoms with Crippen molar-refractivity contribution in [2.45, 2.75) is 57.5 Å². The molecule has 0 bridgehead atoms. The van der Waals surface area contributed by atoms with Crippen molar-refractivity contribution in [1.29, 1.82) is 0 Å². The minimum absolute atomic E-state index is 0.792. The Morgan fingerprint density at radius 1 is 1.00 bits per heavy atom. The summed E-state index contributed by atoms with van der Waals surface area (Å²) >= 11 is 0. The van der Waals surface area contributed by atoms with E-state index in [1.54, 1.807) is 0 Å². The predicted molar refractivity (Wildman–Crippen MR) is 60.4 cm³/mol. The van der Waals surface area contributed by atoms with Gasteiger partial charge in [0.1, 0.15) is 0 Å². The van der Waals surface area contributed by atoms with Crippen LogP contribution in [0.5, 0.6) is 0 Å². The minimum Gasteiger partial charge on any atom is -0.317 e. The van der Waals surface area contributed by atoms with Gasteiger partial charge in [-0.1, -0.05) is 6.92 Å². The first-order chi connectivity index (χ1) is 6.84. The Morgan fingerprint density at radius 2 is 1.93 bits per heavy atom. The second-order valence-corrected chi connectivity index (χ2v) is 5.16. The topological polar surface area (TPSA) is 24.1 Å². The van der Waals surface area contributed by atoms with Gasteiger partial charge in [0.05, 0.1) is 0 Å². The summed E-state index contributed by atoms with van der Waals surface area (Å²) in [5.41, 5.74) is 0. The summed E-state index contributed by atoms with van der Waals surface area (Å²) in [5.74, 6) is 0.955. The maximum Gasteiger partial charge on any atom is 0.00822 e. The van der Waals surface area contributed by atoms with Crippen molar-refractivity contribution < 1.29 is 0 Å². The van der Waals surface area contributed by atoms with Gasteiger partial charge < -0.3 is 10.6 Å². The molecule has 14 heavy (non-hydrogen) atoms. The van der Waals surface area contributed by atoms with Crippen LogP contribution in [-0.4, -0.2) is 25.2 Å². The van der Waals surface area contributed by atoms with Crippen LogP contribution in [0.2, 0.25) is 0 Å². The number of rotatable bonds is 2. The molecule has 0 aromatic carbocycles. The fourth-order valence-electron chi connectivity index (χ4n) is 2.88. The average Bonchev–Trinajstić information content (AvgIpc) is 2.43. The van der Waals surface area contributed by atoms with Crippen molar-refractivity contribution >= 4 is 0 Å². The van der Waals surface area contributed by atoms with E-state index in [1.807, 2.05) is 0 Å². The molecule has 0 radical (unpaired) electrons. The van der Waals surface area contributed by atoms with E-state index in [0.29, 0.717) is 0 Å². The Balaban J connectivity index is 1.72. The second-order valence-electron chi connectivity index (χ2n) is 5.16. The first-order valence-corrected chi connectivity index (χ1v) is 6.31. The molecule has 2 fully saturated rings. The van der Waals surface area contributed by atoms with Crippen LogP contribution >= 0.6 is 0 Å². The average molecular weight is 196 g/mol. The van der Waals surface area contributed by atoms with Crippen LogP contribution in [0.3, 0.4) is 0 Å². The summed E-state index contributed by atoms with van der Waals surface area (Å²) in [6, 6.07) is 1.62. The molecule has 1 aliphatic heterocycles. The van der Waals surface area contributed by atoms with E-state index in [9.17, 15) is 0 Å². The van der Waals surface area contributed by atoms with Crippen LogP contribution in [0, 0.1) is 5.92 Å². The van der Waals surface area contributed by atoms with Crippen LogP contribution in [-0.2, 0) is 0 Å². The highest BCUT2D eigenvalue weighted by Gasteiger charge is 2.23. The van der Waals surface area contributed by atoms with Crippen molar-refractivity contribution in [3.05, 3.63) is 0 Å². The van der Waals surface area contributed by atoms with Gasteiger partial charge in [0.15, 0.2) is 0 Å². The second kappa shape index (κ2) is 5.13. The molecule has 2 heteroatoms. The fraction of sp³-hybridized carbons (Fsp3) is 1.00. The molecule has 2 nitrogen and oxygen atoms in total. The Labute approximate surface area is 87.8 Å². The first-order valence-electron chi connectivity index (χ1n) is 6.31. The molecule has 2 N–H and O–H groups in total. The zero-order valence-corrected chi connectivity index (χ0v) is 9.39. The standard InChI is InChI=1S/C12H24N2/c1-10-4-5-12(9-10)14-11-3-2-7-13-8-6-11/h10-14H,2-9H2,1H3. The maximum atomic E-state index is 3.85. The van der Waals surface area contributed by atoms with Crippen molar-refractivity contribution in [3.63, 3.8) is 0 Å². The molecule has 3 atom stereocenters. The Bertz CT molecular complexity index is 162. The van der Waals surface area contributed by atoms with E-state index in [0.717, 1.165) is 18.0 Å². The lowest BCUT2D eigenvalue weighted by atomic mass is 10.1. The third-order valence-electron chi connectivity index (χ3n) is 3.74. The van der Waals surface area contributed by atoms with Gasteiger partial charge in [-0.05, 0) is 57.5 Å². The van der Waals surface area contributed by atoms with Crippen molar-refractivity contribution in [1.82, 2.24) is 10.6 Å². The molecular weight excluding hydrogens is 172 g/mol. The molecule has 0 aromatic rings. The van der Waals surface area contributed by atoms with Crippen LogP contribution in [0.1, 0.15) is 45.4 Å². The van der Waals surface area contributed by atoms with E-state index < -0.39 is 0 Å². The lowest BCUT2D eigenvalue weighted by molar-refractivity contribution is 0.395. The molecule has 0 amide bonds. The van der Waals surface area contributed by atoms with Crippen molar-refractivity contribution in [2.75, 3.05) is 13.1 Å². The normalized spacial score (nSPS) is 39.6. The first kappa shape index (κ1) is 10.4. The molecule has 82 valence electrons. The lowest BCUT2D eigenvalue weighted by Crippen LogP contribution is -2.37. The summed E-state index contributed by atoms with van der Waals surface area (Å²) in [5, 5.41) is 7.32. The highest BCUT2D eigenvalue weighted by Crippen LogP contribution is 2.25. The zero-order valence-electron chi connectivity index (χ0n) is 9.39. The molecule has 2 rings (SSSR count). The van der Waals surface area contributed by atoms with Crippen LogP contribution < -0.4 is 10.6 Å². The fourth-order valence-corrected chi connectivity index (χ4v) is 2.88. The summed E-state index contributed by atoms with van der Waals surface area (Å²) in [6.45, 7) is 4.81. The van der Waals surface area contributed by atoms with Gasteiger partial charge in [-0.25, -0.2) is 0 Å². The monoisotopic (exact) mass is 196 g/mol. The van der Waals surface area contributed by atoms with Crippen LogP contribution in [0.15, 0.2) is 0 Å². The maximum absolute atomic E-state index is 3.85. The van der Waals surface area contributed by atoms with E-state index in [-0.39, 0.29) is 0 Å². The summed E-state index contributed by atoms with van der Waals surface area (Å²) in [6.07, 6.45) is 8.29. The smallest absolute Gasteiger partial charge is 0.00822 e. The number of nitrogens with one attached hydrogen (secondary N) is 2. The zero-order chi connectivity index (χ0) is 9.80. The lowest BCUT2D eigenvalue weighted by Gasteiger charge is -2.21. The summed E-state index contributed by atoms with van der Waals surface area (Å²) in [4.78, 5) is 0. The molecule has 3 unspecified atom stereocenters. The highest BCUT2D eigenvalue weighted by atomic mass is 15.0. The SMILES string of the molecule is CC1CCC(NC2CCCNCC2)C1. The largest absolute Gasteiger partial charge is 0.317 e. The number of hydrogen-bond donors (Lipinski definition) is 2. The van der Waals surface area contributed by atoms with Crippen molar-refractivity contribution in [2.24, 2.45) is 5.92 Å². The number of hydrogen-bond acceptors (Lipinski definition) is 2. The van der Waals surface area contributed by atoms with Gasteiger partial charge in [-0.15, -0.1) is 0 Å². The van der Waals surface area contributed by atoms with E-state index >= 15 is 0 Å². The van der Waals surface area contributed by atoms with Gasteiger partial charge >= 0.3 is 0 Å². The van der Waals surface area contributed by atoms with Gasteiger partial charge in [-0.2, -0.15) is 0 Å². The van der Waals surface area contributed by atoms with Gasteiger partial charge in [0.2, 0.25) is 0 Å². The molecule has 1 saturated heterocycles. The highest BCUT2D eigenvalue weighted by molar-refractivity contribution is 4.83. The van der Waals surface area contributed by atoms with Crippen molar-refractivity contribution in [3.8, 4) is 0 Å². The Morgan fingerprint density at radius 3 is 2.71 bits per heavy atom. The molecule has 1 aliphatic carbocycles. The van der Waals surface area contributed by atoms with Gasteiger partial charge in [-0.3, -0.25) is 0 Å². The van der Waals surface area contributed by atoms with E-state index in [2.05, 4.69) is 17.6 Å². The Hall–Kier alpha value is -0.0800. The third-order valence-corrected chi connectivity index (χ3v) is 3.74. The van der Waals surface area contributed by atoms with E-state index in [1.165, 1.54) is 51.6 Å². The van der Waals surface area contributed by atoms with Gasteiger partial charge in [0, 0.05) is 12.1 Å². The molecule has 0 aromatic heterocycles. The summed E-state index contributed by atoms with van der Waals surface area (Å²) < 4.78 is 0. The quantitative estimate of drug-likeness (QED) is 0.705. The third kappa shape index (κ3) is 2.96. The Kier molecular flexibility index (Phi) is 3.82. The molecule has 0 spiro atoms. The molecule has 1 saturated carbocycles. The molecule has 2 aliphatic rings.